The lowest BCUT2D eigenvalue weighted by atomic mass is 10.2. The number of carbonyl (C=O) groups is 1. The summed E-state index contributed by atoms with van der Waals surface area (Å²) in [5.41, 5.74) is 4.41. The Morgan fingerprint density at radius 2 is 1.69 bits per heavy atom. The summed E-state index contributed by atoms with van der Waals surface area (Å²) in [7, 11) is 0. The van der Waals surface area contributed by atoms with E-state index in [2.05, 4.69) is 15.3 Å². The van der Waals surface area contributed by atoms with Crippen molar-refractivity contribution in [3.63, 3.8) is 0 Å². The van der Waals surface area contributed by atoms with Gasteiger partial charge in [-0.1, -0.05) is 30.3 Å². The molecule has 0 unspecified atom stereocenters. The van der Waals surface area contributed by atoms with Gasteiger partial charge in [-0.2, -0.15) is 0 Å². The standard InChI is InChI=1S/C26H19N3O3/c30-25(19-6-9-22(10-7-19)31-17-18-4-2-1-3-5-18)28-21-8-11-23-24(16-21)32-26(29-23)20-12-14-27-15-13-20/h1-16H,17H2,(H,28,30). The van der Waals surface area contributed by atoms with Crippen molar-refractivity contribution >= 4 is 22.7 Å². The molecule has 6 heteroatoms. The zero-order valence-corrected chi connectivity index (χ0v) is 17.1. The van der Waals surface area contributed by atoms with Crippen molar-refractivity contribution in [2.45, 2.75) is 6.61 Å². The first-order valence-corrected chi connectivity index (χ1v) is 10.1. The summed E-state index contributed by atoms with van der Waals surface area (Å²) in [4.78, 5) is 21.2. The van der Waals surface area contributed by atoms with Crippen LogP contribution in [0.15, 0.2) is 102 Å². The fourth-order valence-electron chi connectivity index (χ4n) is 3.27. The molecule has 0 aliphatic carbocycles. The number of amides is 1. The van der Waals surface area contributed by atoms with Crippen LogP contribution in [-0.2, 0) is 6.61 Å². The van der Waals surface area contributed by atoms with E-state index in [0.29, 0.717) is 35.1 Å². The minimum atomic E-state index is -0.215. The molecule has 2 aromatic heterocycles. The number of nitrogens with one attached hydrogen (secondary N) is 1. The molecule has 0 aliphatic rings. The first-order valence-electron chi connectivity index (χ1n) is 10.1. The Morgan fingerprint density at radius 3 is 2.47 bits per heavy atom. The largest absolute Gasteiger partial charge is 0.489 e. The number of pyridine rings is 1. The lowest BCUT2D eigenvalue weighted by Gasteiger charge is -2.08. The predicted molar refractivity (Wildman–Crippen MR) is 122 cm³/mol. The van der Waals surface area contributed by atoms with Crippen LogP contribution in [0.2, 0.25) is 0 Å². The molecule has 32 heavy (non-hydrogen) atoms. The minimum Gasteiger partial charge on any atom is -0.489 e. The molecule has 0 atom stereocenters. The van der Waals surface area contributed by atoms with E-state index in [0.717, 1.165) is 16.6 Å². The Balaban J connectivity index is 1.26. The first kappa shape index (κ1) is 19.5. The summed E-state index contributed by atoms with van der Waals surface area (Å²) in [6.07, 6.45) is 3.38. The summed E-state index contributed by atoms with van der Waals surface area (Å²) in [5, 5.41) is 2.90. The summed E-state index contributed by atoms with van der Waals surface area (Å²) in [5.74, 6) is 1.00. The van der Waals surface area contributed by atoms with Crippen molar-refractivity contribution in [2.75, 3.05) is 5.32 Å². The second-order valence-electron chi connectivity index (χ2n) is 7.19. The number of benzene rings is 3. The van der Waals surface area contributed by atoms with Crippen LogP contribution in [0.4, 0.5) is 5.69 Å². The lowest BCUT2D eigenvalue weighted by Crippen LogP contribution is -2.11. The molecule has 0 saturated heterocycles. The molecule has 0 radical (unpaired) electrons. The topological polar surface area (TPSA) is 77.3 Å². The Labute approximate surface area is 184 Å². The van der Waals surface area contributed by atoms with Crippen molar-refractivity contribution in [1.29, 1.82) is 0 Å². The zero-order chi connectivity index (χ0) is 21.8. The van der Waals surface area contributed by atoms with Gasteiger partial charge in [0.05, 0.1) is 0 Å². The van der Waals surface area contributed by atoms with Gasteiger partial charge in [0.2, 0.25) is 5.89 Å². The number of hydrogen-bond donors (Lipinski definition) is 1. The van der Waals surface area contributed by atoms with E-state index in [1.807, 2.05) is 48.5 Å². The summed E-state index contributed by atoms with van der Waals surface area (Å²) < 4.78 is 11.6. The fraction of sp³-hybridized carbons (Fsp3) is 0.0385. The van der Waals surface area contributed by atoms with Crippen molar-refractivity contribution in [1.82, 2.24) is 9.97 Å². The van der Waals surface area contributed by atoms with E-state index in [1.54, 1.807) is 48.8 Å². The Morgan fingerprint density at radius 1 is 0.906 bits per heavy atom. The van der Waals surface area contributed by atoms with Gasteiger partial charge in [0.25, 0.3) is 5.91 Å². The fourth-order valence-corrected chi connectivity index (χ4v) is 3.27. The van der Waals surface area contributed by atoms with Crippen LogP contribution in [0.1, 0.15) is 15.9 Å². The van der Waals surface area contributed by atoms with Crippen LogP contribution < -0.4 is 10.1 Å². The molecule has 2 heterocycles. The molecule has 5 rings (SSSR count). The van der Waals surface area contributed by atoms with Gasteiger partial charge in [-0.3, -0.25) is 9.78 Å². The molecule has 1 amide bonds. The number of fused-ring (bicyclic) bond motifs is 1. The van der Waals surface area contributed by atoms with Crippen molar-refractivity contribution in [3.05, 3.63) is 108 Å². The third-order valence-corrected chi connectivity index (χ3v) is 4.94. The second kappa shape index (κ2) is 8.73. The molecule has 5 aromatic rings. The highest BCUT2D eigenvalue weighted by molar-refractivity contribution is 6.05. The van der Waals surface area contributed by atoms with E-state index < -0.39 is 0 Å². The molecule has 0 spiro atoms. The maximum Gasteiger partial charge on any atom is 0.255 e. The predicted octanol–water partition coefficient (Wildman–Crippen LogP) is 5.72. The highest BCUT2D eigenvalue weighted by Crippen LogP contribution is 2.26. The highest BCUT2D eigenvalue weighted by Gasteiger charge is 2.11. The smallest absolute Gasteiger partial charge is 0.255 e. The van der Waals surface area contributed by atoms with Crippen molar-refractivity contribution in [3.8, 4) is 17.2 Å². The SMILES string of the molecule is O=C(Nc1ccc2nc(-c3ccncc3)oc2c1)c1ccc(OCc2ccccc2)cc1. The number of aromatic nitrogens is 2. The van der Waals surface area contributed by atoms with Gasteiger partial charge in [0, 0.05) is 35.3 Å². The van der Waals surface area contributed by atoms with Crippen LogP contribution >= 0.6 is 0 Å². The van der Waals surface area contributed by atoms with Gasteiger partial charge < -0.3 is 14.5 Å². The summed E-state index contributed by atoms with van der Waals surface area (Å²) in [6, 6.07) is 26.0. The summed E-state index contributed by atoms with van der Waals surface area (Å²) in [6.45, 7) is 0.477. The minimum absolute atomic E-state index is 0.215. The monoisotopic (exact) mass is 421 g/mol. The van der Waals surface area contributed by atoms with E-state index in [1.165, 1.54) is 0 Å². The average Bonchev–Trinajstić information content (AvgIpc) is 3.28. The Kier molecular flexibility index (Phi) is 5.32. The van der Waals surface area contributed by atoms with Crippen LogP contribution in [0.3, 0.4) is 0 Å². The average molecular weight is 421 g/mol. The second-order valence-corrected chi connectivity index (χ2v) is 7.19. The van der Waals surface area contributed by atoms with Gasteiger partial charge in [0.1, 0.15) is 17.9 Å². The summed E-state index contributed by atoms with van der Waals surface area (Å²) >= 11 is 0. The Hall–Kier alpha value is -4.45. The number of rotatable bonds is 6. The molecule has 1 N–H and O–H groups in total. The molecule has 156 valence electrons. The van der Waals surface area contributed by atoms with Crippen LogP contribution in [0.5, 0.6) is 5.75 Å². The number of anilines is 1. The number of hydrogen-bond acceptors (Lipinski definition) is 5. The number of oxazole rings is 1. The van der Waals surface area contributed by atoms with Crippen LogP contribution in [0, 0.1) is 0 Å². The quantitative estimate of drug-likeness (QED) is 0.379. The van der Waals surface area contributed by atoms with Gasteiger partial charge in [-0.15, -0.1) is 0 Å². The van der Waals surface area contributed by atoms with Crippen molar-refractivity contribution in [2.24, 2.45) is 0 Å². The maximum atomic E-state index is 12.7. The molecular weight excluding hydrogens is 402 g/mol. The molecule has 0 aliphatic heterocycles. The highest BCUT2D eigenvalue weighted by atomic mass is 16.5. The van der Waals surface area contributed by atoms with Gasteiger partial charge in [0.15, 0.2) is 5.58 Å². The third-order valence-electron chi connectivity index (χ3n) is 4.94. The van der Waals surface area contributed by atoms with E-state index in [9.17, 15) is 4.79 Å². The number of ether oxygens (including phenoxy) is 1. The normalized spacial score (nSPS) is 10.8. The molecule has 3 aromatic carbocycles. The maximum absolute atomic E-state index is 12.7. The van der Waals surface area contributed by atoms with Crippen LogP contribution in [0.25, 0.3) is 22.6 Å². The molecule has 6 nitrogen and oxygen atoms in total. The van der Waals surface area contributed by atoms with Gasteiger partial charge in [-0.05, 0) is 54.1 Å². The molecule has 0 saturated carbocycles. The Bertz CT molecular complexity index is 1350. The molecular formula is C26H19N3O3. The van der Waals surface area contributed by atoms with Gasteiger partial charge in [-0.25, -0.2) is 4.98 Å². The lowest BCUT2D eigenvalue weighted by molar-refractivity contribution is 0.102. The zero-order valence-electron chi connectivity index (χ0n) is 17.1. The van der Waals surface area contributed by atoms with E-state index >= 15 is 0 Å². The number of nitrogens with zero attached hydrogens (tertiary/aromatic N) is 2. The van der Waals surface area contributed by atoms with Crippen molar-refractivity contribution < 1.29 is 13.9 Å². The molecule has 0 fully saturated rings. The van der Waals surface area contributed by atoms with Gasteiger partial charge >= 0.3 is 0 Å². The van der Waals surface area contributed by atoms with Crippen LogP contribution in [-0.4, -0.2) is 15.9 Å². The van der Waals surface area contributed by atoms with E-state index in [4.69, 9.17) is 9.15 Å². The van der Waals surface area contributed by atoms with E-state index in [-0.39, 0.29) is 5.91 Å². The molecule has 0 bridgehead atoms. The first-order chi connectivity index (χ1) is 15.7. The third kappa shape index (κ3) is 4.34. The number of carbonyl (C=O) groups excluding carboxylic acids is 1.